The van der Waals surface area contributed by atoms with Gasteiger partial charge < -0.3 is 9.47 Å². The van der Waals surface area contributed by atoms with E-state index in [0.717, 1.165) is 0 Å². The molecule has 1 aromatic rings. The first-order valence-electron chi connectivity index (χ1n) is 5.02. The van der Waals surface area contributed by atoms with Crippen LogP contribution in [0.15, 0.2) is 18.2 Å². The highest BCUT2D eigenvalue weighted by Gasteiger charge is 2.13. The molecular formula is C12H13ClO4. The van der Waals surface area contributed by atoms with Crippen molar-refractivity contribution in [3.8, 4) is 5.75 Å². The van der Waals surface area contributed by atoms with Crippen LogP contribution < -0.4 is 4.74 Å². The molecule has 0 fully saturated rings. The highest BCUT2D eigenvalue weighted by molar-refractivity contribution is 6.34. The van der Waals surface area contributed by atoms with Gasteiger partial charge in [-0.25, -0.2) is 0 Å². The van der Waals surface area contributed by atoms with Gasteiger partial charge in [0.15, 0.2) is 5.78 Å². The van der Waals surface area contributed by atoms with Crippen molar-refractivity contribution in [2.45, 2.75) is 12.8 Å². The van der Waals surface area contributed by atoms with Gasteiger partial charge in [0.2, 0.25) is 0 Å². The number of hydrogen-bond donors (Lipinski definition) is 0. The van der Waals surface area contributed by atoms with Crippen LogP contribution in [0.1, 0.15) is 23.2 Å². The van der Waals surface area contributed by atoms with E-state index in [2.05, 4.69) is 4.74 Å². The average molecular weight is 257 g/mol. The molecule has 0 aliphatic heterocycles. The highest BCUT2D eigenvalue weighted by atomic mass is 35.5. The molecule has 0 bridgehead atoms. The topological polar surface area (TPSA) is 52.6 Å². The van der Waals surface area contributed by atoms with Crippen molar-refractivity contribution >= 4 is 23.4 Å². The maximum Gasteiger partial charge on any atom is 0.305 e. The third-order valence-electron chi connectivity index (χ3n) is 2.26. The van der Waals surface area contributed by atoms with Gasteiger partial charge in [-0.05, 0) is 18.2 Å². The first-order valence-corrected chi connectivity index (χ1v) is 5.40. The Bertz CT molecular complexity index is 429. The minimum Gasteiger partial charge on any atom is -0.497 e. The van der Waals surface area contributed by atoms with Gasteiger partial charge in [0, 0.05) is 12.0 Å². The zero-order valence-corrected chi connectivity index (χ0v) is 10.4. The van der Waals surface area contributed by atoms with Crippen molar-refractivity contribution in [2.24, 2.45) is 0 Å². The molecule has 0 radical (unpaired) electrons. The van der Waals surface area contributed by atoms with E-state index in [1.807, 2.05) is 0 Å². The largest absolute Gasteiger partial charge is 0.497 e. The predicted octanol–water partition coefficient (Wildman–Crippen LogP) is 2.48. The molecule has 0 N–H and O–H groups in total. The van der Waals surface area contributed by atoms with Crippen LogP contribution >= 0.6 is 11.6 Å². The number of carbonyl (C=O) groups is 2. The molecule has 0 saturated carbocycles. The number of hydrogen-bond acceptors (Lipinski definition) is 4. The molecule has 0 saturated heterocycles. The number of benzene rings is 1. The number of ketones is 1. The molecule has 17 heavy (non-hydrogen) atoms. The summed E-state index contributed by atoms with van der Waals surface area (Å²) in [7, 11) is 2.79. The lowest BCUT2D eigenvalue weighted by atomic mass is 10.1. The number of methoxy groups -OCH3 is 2. The summed E-state index contributed by atoms with van der Waals surface area (Å²) in [5.41, 5.74) is 0.356. The molecule has 5 heteroatoms. The molecule has 0 spiro atoms. The van der Waals surface area contributed by atoms with Gasteiger partial charge in [-0.2, -0.15) is 0 Å². The molecule has 1 rings (SSSR count). The zero-order chi connectivity index (χ0) is 12.8. The summed E-state index contributed by atoms with van der Waals surface area (Å²) < 4.78 is 9.47. The maximum absolute atomic E-state index is 11.8. The van der Waals surface area contributed by atoms with Crippen molar-refractivity contribution in [2.75, 3.05) is 14.2 Å². The Hall–Kier alpha value is -1.55. The van der Waals surface area contributed by atoms with E-state index in [1.54, 1.807) is 18.2 Å². The van der Waals surface area contributed by atoms with Crippen LogP contribution in [-0.2, 0) is 9.53 Å². The van der Waals surface area contributed by atoms with Crippen LogP contribution in [0.3, 0.4) is 0 Å². The number of ether oxygens (including phenoxy) is 2. The number of esters is 1. The molecule has 0 unspecified atom stereocenters. The van der Waals surface area contributed by atoms with E-state index in [-0.39, 0.29) is 18.6 Å². The molecule has 0 aliphatic carbocycles. The molecule has 0 amide bonds. The first kappa shape index (κ1) is 13.5. The third-order valence-corrected chi connectivity index (χ3v) is 2.59. The Labute approximate surface area is 104 Å². The maximum atomic E-state index is 11.8. The molecular weight excluding hydrogens is 244 g/mol. The lowest BCUT2D eigenvalue weighted by molar-refractivity contribution is -0.140. The number of rotatable bonds is 5. The Balaban J connectivity index is 2.77. The number of carbonyl (C=O) groups excluding carboxylic acids is 2. The number of Topliss-reactive ketones (excluding diaryl/α,β-unsaturated/α-hetero) is 1. The molecule has 0 aromatic heterocycles. The second-order valence-electron chi connectivity index (χ2n) is 3.35. The SMILES string of the molecule is COC(=O)CCC(=O)c1cc(OC)ccc1Cl. The van der Waals surface area contributed by atoms with Gasteiger partial charge in [0.1, 0.15) is 5.75 Å². The van der Waals surface area contributed by atoms with Crippen molar-refractivity contribution < 1.29 is 19.1 Å². The van der Waals surface area contributed by atoms with E-state index >= 15 is 0 Å². The Morgan fingerprint density at radius 1 is 1.24 bits per heavy atom. The minimum atomic E-state index is -0.419. The van der Waals surface area contributed by atoms with Crippen LogP contribution in [0.2, 0.25) is 5.02 Å². The fourth-order valence-electron chi connectivity index (χ4n) is 1.30. The molecule has 0 aliphatic rings. The second kappa shape index (κ2) is 6.25. The average Bonchev–Trinajstić information content (AvgIpc) is 2.36. The summed E-state index contributed by atoms with van der Waals surface area (Å²) in [6, 6.07) is 4.81. The summed E-state index contributed by atoms with van der Waals surface area (Å²) in [5.74, 6) is -0.0764. The van der Waals surface area contributed by atoms with E-state index in [9.17, 15) is 9.59 Å². The predicted molar refractivity (Wildman–Crippen MR) is 63.6 cm³/mol. The second-order valence-corrected chi connectivity index (χ2v) is 3.75. The van der Waals surface area contributed by atoms with Crippen LogP contribution in [0.25, 0.3) is 0 Å². The van der Waals surface area contributed by atoms with E-state index in [0.29, 0.717) is 16.3 Å². The first-order chi connectivity index (χ1) is 8.08. The van der Waals surface area contributed by atoms with Crippen molar-refractivity contribution in [1.29, 1.82) is 0 Å². The lowest BCUT2D eigenvalue weighted by Gasteiger charge is -2.06. The number of halogens is 1. The smallest absolute Gasteiger partial charge is 0.305 e. The van der Waals surface area contributed by atoms with Gasteiger partial charge >= 0.3 is 5.97 Å². The molecule has 4 nitrogen and oxygen atoms in total. The fraction of sp³-hybridized carbons (Fsp3) is 0.333. The Morgan fingerprint density at radius 2 is 1.94 bits per heavy atom. The standard InChI is InChI=1S/C12H13ClO4/c1-16-8-3-4-10(13)9(7-8)11(14)5-6-12(15)17-2/h3-4,7H,5-6H2,1-2H3. The van der Waals surface area contributed by atoms with Crippen molar-refractivity contribution in [3.05, 3.63) is 28.8 Å². The lowest BCUT2D eigenvalue weighted by Crippen LogP contribution is -2.06. The van der Waals surface area contributed by atoms with Crippen molar-refractivity contribution in [3.63, 3.8) is 0 Å². The van der Waals surface area contributed by atoms with E-state index < -0.39 is 5.97 Å². The van der Waals surface area contributed by atoms with Gasteiger partial charge in [0.25, 0.3) is 0 Å². The molecule has 1 aromatic carbocycles. The van der Waals surface area contributed by atoms with Gasteiger partial charge in [-0.3, -0.25) is 9.59 Å². The Morgan fingerprint density at radius 3 is 2.53 bits per heavy atom. The van der Waals surface area contributed by atoms with Gasteiger partial charge in [-0.1, -0.05) is 11.6 Å². The van der Waals surface area contributed by atoms with E-state index in [4.69, 9.17) is 16.3 Å². The van der Waals surface area contributed by atoms with Crippen LogP contribution in [-0.4, -0.2) is 26.0 Å². The summed E-state index contributed by atoms with van der Waals surface area (Å²) >= 11 is 5.90. The van der Waals surface area contributed by atoms with Crippen LogP contribution in [0.4, 0.5) is 0 Å². The quantitative estimate of drug-likeness (QED) is 0.600. The summed E-state index contributed by atoms with van der Waals surface area (Å²) in [4.78, 5) is 22.7. The van der Waals surface area contributed by atoms with E-state index in [1.165, 1.54) is 14.2 Å². The minimum absolute atomic E-state index is 0.0445. The molecule has 0 atom stereocenters. The zero-order valence-electron chi connectivity index (χ0n) is 9.66. The summed E-state index contributed by atoms with van der Waals surface area (Å²) in [6.07, 6.45) is 0.114. The fourth-order valence-corrected chi connectivity index (χ4v) is 1.52. The van der Waals surface area contributed by atoms with Gasteiger partial charge in [-0.15, -0.1) is 0 Å². The van der Waals surface area contributed by atoms with Crippen LogP contribution in [0.5, 0.6) is 5.75 Å². The van der Waals surface area contributed by atoms with Crippen LogP contribution in [0, 0.1) is 0 Å². The molecule has 0 heterocycles. The highest BCUT2D eigenvalue weighted by Crippen LogP contribution is 2.23. The van der Waals surface area contributed by atoms with Crippen molar-refractivity contribution in [1.82, 2.24) is 0 Å². The Kier molecular flexibility index (Phi) is 4.97. The van der Waals surface area contributed by atoms with Gasteiger partial charge in [0.05, 0.1) is 25.7 Å². The molecule has 92 valence electrons. The summed E-state index contributed by atoms with van der Waals surface area (Å²) in [5, 5.41) is 0.348. The normalized spacial score (nSPS) is 9.82. The third kappa shape index (κ3) is 3.75. The summed E-state index contributed by atoms with van der Waals surface area (Å²) in [6.45, 7) is 0. The monoisotopic (exact) mass is 256 g/mol.